The Kier molecular flexibility index (Phi) is 3.52. The zero-order chi connectivity index (χ0) is 14.0. The van der Waals surface area contributed by atoms with Crippen LogP contribution in [-0.2, 0) is 7.05 Å². The molecule has 0 saturated heterocycles. The minimum Gasteiger partial charge on any atom is -0.363 e. The lowest BCUT2D eigenvalue weighted by Crippen LogP contribution is -2.11. The summed E-state index contributed by atoms with van der Waals surface area (Å²) in [6.45, 7) is 3.75. The SMILES string of the molecule is Cc1nn(C)c(NC(C)c2ccc(F)cc2)c1C#N. The van der Waals surface area contributed by atoms with E-state index in [1.807, 2.05) is 6.92 Å². The molecule has 0 aliphatic rings. The number of rotatable bonds is 3. The van der Waals surface area contributed by atoms with Crippen molar-refractivity contribution in [2.45, 2.75) is 19.9 Å². The fraction of sp³-hybridized carbons (Fsp3) is 0.286. The molecule has 0 radical (unpaired) electrons. The second kappa shape index (κ2) is 5.11. The summed E-state index contributed by atoms with van der Waals surface area (Å²) in [5.41, 5.74) is 2.18. The van der Waals surface area contributed by atoms with E-state index < -0.39 is 0 Å². The van der Waals surface area contributed by atoms with Gasteiger partial charge >= 0.3 is 0 Å². The summed E-state index contributed by atoms with van der Waals surface area (Å²) in [6, 6.07) is 8.40. The Morgan fingerprint density at radius 1 is 1.37 bits per heavy atom. The molecule has 2 rings (SSSR count). The summed E-state index contributed by atoms with van der Waals surface area (Å²) in [7, 11) is 1.79. The highest BCUT2D eigenvalue weighted by molar-refractivity contribution is 5.56. The number of halogens is 1. The fourth-order valence-electron chi connectivity index (χ4n) is 2.00. The summed E-state index contributed by atoms with van der Waals surface area (Å²) in [6.07, 6.45) is 0. The van der Waals surface area contributed by atoms with Gasteiger partial charge in [-0.1, -0.05) is 12.1 Å². The molecule has 1 heterocycles. The Balaban J connectivity index is 2.26. The maximum Gasteiger partial charge on any atom is 0.142 e. The van der Waals surface area contributed by atoms with Crippen molar-refractivity contribution in [2.24, 2.45) is 7.05 Å². The van der Waals surface area contributed by atoms with Crippen molar-refractivity contribution in [3.8, 4) is 6.07 Å². The normalized spacial score (nSPS) is 11.9. The third-order valence-corrected chi connectivity index (χ3v) is 3.06. The van der Waals surface area contributed by atoms with Gasteiger partial charge in [0, 0.05) is 13.1 Å². The second-order valence-electron chi connectivity index (χ2n) is 4.46. The van der Waals surface area contributed by atoms with E-state index in [4.69, 9.17) is 5.26 Å². The van der Waals surface area contributed by atoms with Crippen LogP contribution in [0.4, 0.5) is 10.2 Å². The molecule has 4 nitrogen and oxygen atoms in total. The number of hydrogen-bond acceptors (Lipinski definition) is 3. The molecule has 0 spiro atoms. The molecular weight excluding hydrogens is 243 g/mol. The Morgan fingerprint density at radius 3 is 2.58 bits per heavy atom. The molecule has 1 atom stereocenters. The molecule has 98 valence electrons. The summed E-state index contributed by atoms with van der Waals surface area (Å²) in [4.78, 5) is 0. The van der Waals surface area contributed by atoms with Crippen molar-refractivity contribution in [1.29, 1.82) is 5.26 Å². The van der Waals surface area contributed by atoms with Gasteiger partial charge in [-0.25, -0.2) is 4.39 Å². The number of aryl methyl sites for hydroxylation is 2. The first-order valence-corrected chi connectivity index (χ1v) is 5.98. The summed E-state index contributed by atoms with van der Waals surface area (Å²) < 4.78 is 14.5. The molecule has 0 amide bonds. The average Bonchev–Trinajstić information content (AvgIpc) is 2.64. The van der Waals surface area contributed by atoms with Gasteiger partial charge in [-0.3, -0.25) is 4.68 Å². The first-order chi connectivity index (χ1) is 9.02. The number of hydrogen-bond donors (Lipinski definition) is 1. The number of aromatic nitrogens is 2. The third kappa shape index (κ3) is 2.58. The van der Waals surface area contributed by atoms with Crippen LogP contribution in [0, 0.1) is 24.1 Å². The van der Waals surface area contributed by atoms with E-state index in [1.165, 1.54) is 12.1 Å². The van der Waals surface area contributed by atoms with Gasteiger partial charge in [0.15, 0.2) is 0 Å². The molecule has 2 aromatic rings. The van der Waals surface area contributed by atoms with Gasteiger partial charge in [0.2, 0.25) is 0 Å². The standard InChI is InChI=1S/C14H15FN4/c1-9(11-4-6-12(15)7-5-11)17-14-13(8-16)10(2)18-19(14)3/h4-7,9,17H,1-3H3. The van der Waals surface area contributed by atoms with Crippen LogP contribution in [-0.4, -0.2) is 9.78 Å². The fourth-order valence-corrected chi connectivity index (χ4v) is 2.00. The predicted octanol–water partition coefficient (Wildman–Crippen LogP) is 2.91. The molecule has 0 fully saturated rings. The smallest absolute Gasteiger partial charge is 0.142 e. The second-order valence-corrected chi connectivity index (χ2v) is 4.46. The first kappa shape index (κ1) is 13.1. The molecule has 0 aliphatic carbocycles. The molecule has 0 bridgehead atoms. The van der Waals surface area contributed by atoms with Crippen LogP contribution in [0.15, 0.2) is 24.3 Å². The molecular formula is C14H15FN4. The maximum absolute atomic E-state index is 12.9. The van der Waals surface area contributed by atoms with Crippen LogP contribution in [0.3, 0.4) is 0 Å². The molecule has 1 aromatic heterocycles. The number of benzene rings is 1. The largest absolute Gasteiger partial charge is 0.363 e. The van der Waals surface area contributed by atoms with Crippen LogP contribution in [0.25, 0.3) is 0 Å². The Morgan fingerprint density at radius 2 is 2.00 bits per heavy atom. The molecule has 1 N–H and O–H groups in total. The molecule has 1 unspecified atom stereocenters. The highest BCUT2D eigenvalue weighted by Crippen LogP contribution is 2.23. The third-order valence-electron chi connectivity index (χ3n) is 3.06. The van der Waals surface area contributed by atoms with Crippen molar-refractivity contribution >= 4 is 5.82 Å². The maximum atomic E-state index is 12.9. The average molecular weight is 258 g/mol. The molecule has 5 heteroatoms. The molecule has 1 aromatic carbocycles. The Bertz CT molecular complexity index is 622. The Labute approximate surface area is 111 Å². The minimum absolute atomic E-state index is 0.0394. The van der Waals surface area contributed by atoms with E-state index in [-0.39, 0.29) is 11.9 Å². The van der Waals surface area contributed by atoms with Gasteiger partial charge < -0.3 is 5.32 Å². The highest BCUT2D eigenvalue weighted by atomic mass is 19.1. The van der Waals surface area contributed by atoms with Gasteiger partial charge in [0.05, 0.1) is 5.69 Å². The van der Waals surface area contributed by atoms with Gasteiger partial charge in [0.1, 0.15) is 23.3 Å². The number of nitriles is 1. The van der Waals surface area contributed by atoms with Crippen LogP contribution in [0.5, 0.6) is 0 Å². The number of nitrogens with zero attached hydrogens (tertiary/aromatic N) is 3. The first-order valence-electron chi connectivity index (χ1n) is 5.98. The Hall–Kier alpha value is -2.35. The van der Waals surface area contributed by atoms with E-state index in [0.29, 0.717) is 17.1 Å². The number of anilines is 1. The lowest BCUT2D eigenvalue weighted by molar-refractivity contribution is 0.626. The minimum atomic E-state index is -0.259. The van der Waals surface area contributed by atoms with Gasteiger partial charge in [0.25, 0.3) is 0 Å². The summed E-state index contributed by atoms with van der Waals surface area (Å²) in [5.74, 6) is 0.418. The van der Waals surface area contributed by atoms with Gasteiger partial charge in [-0.15, -0.1) is 0 Å². The van der Waals surface area contributed by atoms with Crippen LogP contribution >= 0.6 is 0 Å². The van der Waals surface area contributed by atoms with Crippen LogP contribution < -0.4 is 5.32 Å². The molecule has 19 heavy (non-hydrogen) atoms. The monoisotopic (exact) mass is 258 g/mol. The van der Waals surface area contributed by atoms with Crippen molar-refractivity contribution in [1.82, 2.24) is 9.78 Å². The van der Waals surface area contributed by atoms with Crippen molar-refractivity contribution in [2.75, 3.05) is 5.32 Å². The van der Waals surface area contributed by atoms with Crippen molar-refractivity contribution < 1.29 is 4.39 Å². The van der Waals surface area contributed by atoms with E-state index in [0.717, 1.165) is 5.56 Å². The topological polar surface area (TPSA) is 53.6 Å². The zero-order valence-corrected chi connectivity index (χ0v) is 11.1. The van der Waals surface area contributed by atoms with E-state index >= 15 is 0 Å². The number of nitrogens with one attached hydrogen (secondary N) is 1. The van der Waals surface area contributed by atoms with E-state index in [1.54, 1.807) is 30.8 Å². The van der Waals surface area contributed by atoms with Gasteiger partial charge in [-0.2, -0.15) is 10.4 Å². The lowest BCUT2D eigenvalue weighted by atomic mass is 10.1. The molecule has 0 saturated carbocycles. The zero-order valence-electron chi connectivity index (χ0n) is 11.1. The van der Waals surface area contributed by atoms with Crippen molar-refractivity contribution in [3.05, 3.63) is 46.9 Å². The quantitative estimate of drug-likeness (QED) is 0.921. The van der Waals surface area contributed by atoms with Crippen LogP contribution in [0.2, 0.25) is 0 Å². The van der Waals surface area contributed by atoms with Crippen molar-refractivity contribution in [3.63, 3.8) is 0 Å². The predicted molar refractivity (Wildman–Crippen MR) is 71.1 cm³/mol. The lowest BCUT2D eigenvalue weighted by Gasteiger charge is -2.16. The summed E-state index contributed by atoms with van der Waals surface area (Å²) in [5, 5.41) is 16.6. The van der Waals surface area contributed by atoms with Gasteiger partial charge in [-0.05, 0) is 31.5 Å². The highest BCUT2D eigenvalue weighted by Gasteiger charge is 2.15. The van der Waals surface area contributed by atoms with Crippen LogP contribution in [0.1, 0.15) is 29.8 Å². The molecule has 0 aliphatic heterocycles. The van der Waals surface area contributed by atoms with E-state index in [2.05, 4.69) is 16.5 Å². The summed E-state index contributed by atoms with van der Waals surface area (Å²) >= 11 is 0. The van der Waals surface area contributed by atoms with E-state index in [9.17, 15) is 4.39 Å².